The van der Waals surface area contributed by atoms with Crippen LogP contribution in [0.15, 0.2) is 42.5 Å². The lowest BCUT2D eigenvalue weighted by atomic mass is 10.1. The smallest absolute Gasteiger partial charge is 0.262 e. The first-order valence-electron chi connectivity index (χ1n) is 6.86. The first kappa shape index (κ1) is 15.6. The van der Waals surface area contributed by atoms with Crippen molar-refractivity contribution < 1.29 is 14.3 Å². The van der Waals surface area contributed by atoms with Gasteiger partial charge in [-0.1, -0.05) is 18.2 Å². The lowest BCUT2D eigenvalue weighted by Crippen LogP contribution is -2.21. The van der Waals surface area contributed by atoms with E-state index in [1.54, 1.807) is 24.3 Å². The number of aryl methyl sites for hydroxylation is 2. The summed E-state index contributed by atoms with van der Waals surface area (Å²) in [6.07, 6.45) is 0. The molecule has 22 heavy (non-hydrogen) atoms. The maximum Gasteiger partial charge on any atom is 0.262 e. The van der Waals surface area contributed by atoms with Crippen LogP contribution >= 0.6 is 0 Å². The van der Waals surface area contributed by atoms with E-state index in [9.17, 15) is 9.59 Å². The van der Waals surface area contributed by atoms with Crippen LogP contribution in [-0.4, -0.2) is 18.4 Å². The molecule has 0 aliphatic rings. The van der Waals surface area contributed by atoms with Gasteiger partial charge in [0.05, 0.1) is 0 Å². The molecule has 0 saturated carbocycles. The first-order chi connectivity index (χ1) is 10.5. The van der Waals surface area contributed by atoms with Crippen molar-refractivity contribution in [2.24, 2.45) is 5.73 Å². The third-order valence-electron chi connectivity index (χ3n) is 3.25. The second-order valence-electron chi connectivity index (χ2n) is 4.99. The van der Waals surface area contributed by atoms with Crippen LogP contribution in [0.2, 0.25) is 0 Å². The number of nitrogens with one attached hydrogen (secondary N) is 1. The Morgan fingerprint density at radius 1 is 1.05 bits per heavy atom. The highest BCUT2D eigenvalue weighted by Gasteiger charge is 2.08. The fourth-order valence-electron chi connectivity index (χ4n) is 2.05. The molecule has 0 radical (unpaired) electrons. The summed E-state index contributed by atoms with van der Waals surface area (Å²) in [6, 6.07) is 12.1. The number of rotatable bonds is 5. The van der Waals surface area contributed by atoms with E-state index in [0.29, 0.717) is 11.3 Å². The third kappa shape index (κ3) is 3.85. The standard InChI is InChI=1S/C17H18N2O3/c1-11-4-3-5-12(2)16(11)19-15(20)10-22-14-8-6-13(7-9-14)17(18)21/h3-9H,10H2,1-2H3,(H2,18,21)(H,19,20). The molecule has 5 nitrogen and oxygen atoms in total. The fraction of sp³-hybridized carbons (Fsp3) is 0.176. The predicted molar refractivity (Wildman–Crippen MR) is 85.0 cm³/mol. The Morgan fingerprint density at radius 2 is 1.64 bits per heavy atom. The molecule has 0 saturated heterocycles. The van der Waals surface area contributed by atoms with Gasteiger partial charge in [0.25, 0.3) is 5.91 Å². The van der Waals surface area contributed by atoms with Crippen LogP contribution in [0.4, 0.5) is 5.69 Å². The average Bonchev–Trinajstić information content (AvgIpc) is 2.49. The minimum Gasteiger partial charge on any atom is -0.484 e. The average molecular weight is 298 g/mol. The zero-order valence-corrected chi connectivity index (χ0v) is 12.6. The normalized spacial score (nSPS) is 10.1. The molecule has 0 aliphatic carbocycles. The molecule has 0 fully saturated rings. The zero-order valence-electron chi connectivity index (χ0n) is 12.6. The molecule has 0 aliphatic heterocycles. The number of carbonyl (C=O) groups is 2. The number of nitrogens with two attached hydrogens (primary N) is 1. The number of hydrogen-bond acceptors (Lipinski definition) is 3. The number of anilines is 1. The second-order valence-corrected chi connectivity index (χ2v) is 4.99. The molecular weight excluding hydrogens is 280 g/mol. The van der Waals surface area contributed by atoms with E-state index in [4.69, 9.17) is 10.5 Å². The molecule has 0 spiro atoms. The van der Waals surface area contributed by atoms with Gasteiger partial charge in [-0.25, -0.2) is 0 Å². The van der Waals surface area contributed by atoms with Gasteiger partial charge in [0.1, 0.15) is 5.75 Å². The van der Waals surface area contributed by atoms with E-state index in [1.165, 1.54) is 0 Å². The number of primary amides is 1. The molecule has 5 heteroatoms. The number of carbonyl (C=O) groups excluding carboxylic acids is 2. The number of amides is 2. The Hall–Kier alpha value is -2.82. The molecule has 0 aromatic heterocycles. The highest BCUT2D eigenvalue weighted by Crippen LogP contribution is 2.19. The van der Waals surface area contributed by atoms with Gasteiger partial charge in [-0.05, 0) is 49.2 Å². The molecular formula is C17H18N2O3. The van der Waals surface area contributed by atoms with Crippen LogP contribution in [-0.2, 0) is 4.79 Å². The quantitative estimate of drug-likeness (QED) is 0.889. The summed E-state index contributed by atoms with van der Waals surface area (Å²) in [4.78, 5) is 22.9. The predicted octanol–water partition coefficient (Wildman–Crippen LogP) is 2.42. The van der Waals surface area contributed by atoms with Crippen LogP contribution in [0.1, 0.15) is 21.5 Å². The Morgan fingerprint density at radius 3 is 2.18 bits per heavy atom. The first-order valence-corrected chi connectivity index (χ1v) is 6.86. The molecule has 114 valence electrons. The zero-order chi connectivity index (χ0) is 16.1. The van der Waals surface area contributed by atoms with Gasteiger partial charge in [-0.15, -0.1) is 0 Å². The van der Waals surface area contributed by atoms with E-state index in [2.05, 4.69) is 5.32 Å². The summed E-state index contributed by atoms with van der Waals surface area (Å²) < 4.78 is 5.39. The maximum atomic E-state index is 12.0. The molecule has 0 heterocycles. The van der Waals surface area contributed by atoms with Gasteiger partial charge in [-0.2, -0.15) is 0 Å². The lowest BCUT2D eigenvalue weighted by Gasteiger charge is -2.12. The summed E-state index contributed by atoms with van der Waals surface area (Å²) >= 11 is 0. The Kier molecular flexibility index (Phi) is 4.78. The van der Waals surface area contributed by atoms with E-state index in [-0.39, 0.29) is 12.5 Å². The van der Waals surface area contributed by atoms with Gasteiger partial charge in [-0.3, -0.25) is 9.59 Å². The lowest BCUT2D eigenvalue weighted by molar-refractivity contribution is -0.118. The van der Waals surface area contributed by atoms with Gasteiger partial charge in [0.2, 0.25) is 5.91 Å². The number of benzene rings is 2. The van der Waals surface area contributed by atoms with Crippen LogP contribution in [0, 0.1) is 13.8 Å². The van der Waals surface area contributed by atoms with E-state index in [0.717, 1.165) is 16.8 Å². The topological polar surface area (TPSA) is 81.4 Å². The summed E-state index contributed by atoms with van der Waals surface area (Å²) in [5, 5.41) is 2.84. The highest BCUT2D eigenvalue weighted by atomic mass is 16.5. The van der Waals surface area contributed by atoms with Gasteiger partial charge < -0.3 is 15.8 Å². The van der Waals surface area contributed by atoms with Crippen molar-refractivity contribution in [3.63, 3.8) is 0 Å². The summed E-state index contributed by atoms with van der Waals surface area (Å²) in [5.74, 6) is -0.239. The SMILES string of the molecule is Cc1cccc(C)c1NC(=O)COc1ccc(C(N)=O)cc1. The minimum absolute atomic E-state index is 0.107. The van der Waals surface area contributed by atoms with Gasteiger partial charge in [0.15, 0.2) is 6.61 Å². The van der Waals surface area contributed by atoms with Crippen molar-refractivity contribution in [3.05, 3.63) is 59.2 Å². The molecule has 0 unspecified atom stereocenters. The van der Waals surface area contributed by atoms with Gasteiger partial charge in [0, 0.05) is 11.3 Å². The Bertz CT molecular complexity index is 673. The summed E-state index contributed by atoms with van der Waals surface area (Å²) in [6.45, 7) is 3.77. The Balaban J connectivity index is 1.94. The number of hydrogen-bond donors (Lipinski definition) is 2. The van der Waals surface area contributed by atoms with E-state index in [1.807, 2.05) is 32.0 Å². The van der Waals surface area contributed by atoms with Crippen molar-refractivity contribution in [1.82, 2.24) is 0 Å². The monoisotopic (exact) mass is 298 g/mol. The van der Waals surface area contributed by atoms with Crippen molar-refractivity contribution in [3.8, 4) is 5.75 Å². The van der Waals surface area contributed by atoms with Crippen molar-refractivity contribution in [2.75, 3.05) is 11.9 Å². The van der Waals surface area contributed by atoms with E-state index < -0.39 is 5.91 Å². The summed E-state index contributed by atoms with van der Waals surface area (Å²) in [7, 11) is 0. The largest absolute Gasteiger partial charge is 0.484 e. The molecule has 0 atom stereocenters. The molecule has 2 aromatic carbocycles. The van der Waals surface area contributed by atoms with Crippen LogP contribution < -0.4 is 15.8 Å². The van der Waals surface area contributed by atoms with Gasteiger partial charge >= 0.3 is 0 Å². The summed E-state index contributed by atoms with van der Waals surface area (Å²) in [5.41, 5.74) is 8.36. The molecule has 2 amide bonds. The molecule has 0 bridgehead atoms. The molecule has 2 rings (SSSR count). The minimum atomic E-state index is -0.501. The van der Waals surface area contributed by atoms with Crippen molar-refractivity contribution in [2.45, 2.75) is 13.8 Å². The Labute approximate surface area is 129 Å². The second kappa shape index (κ2) is 6.76. The van der Waals surface area contributed by atoms with Crippen LogP contribution in [0.5, 0.6) is 5.75 Å². The van der Waals surface area contributed by atoms with E-state index >= 15 is 0 Å². The number of ether oxygens (including phenoxy) is 1. The molecule has 2 aromatic rings. The van der Waals surface area contributed by atoms with Crippen molar-refractivity contribution in [1.29, 1.82) is 0 Å². The van der Waals surface area contributed by atoms with Crippen LogP contribution in [0.3, 0.4) is 0 Å². The fourth-order valence-corrected chi connectivity index (χ4v) is 2.05. The maximum absolute atomic E-state index is 12.0. The third-order valence-corrected chi connectivity index (χ3v) is 3.25. The number of para-hydroxylation sites is 1. The molecule has 3 N–H and O–H groups in total. The highest BCUT2D eigenvalue weighted by molar-refractivity contribution is 5.94. The van der Waals surface area contributed by atoms with Crippen LogP contribution in [0.25, 0.3) is 0 Å². The van der Waals surface area contributed by atoms with Crippen molar-refractivity contribution >= 4 is 17.5 Å².